The van der Waals surface area contributed by atoms with Gasteiger partial charge in [0.2, 0.25) is 0 Å². The van der Waals surface area contributed by atoms with Crippen LogP contribution in [0.1, 0.15) is 16.8 Å². The lowest BCUT2D eigenvalue weighted by atomic mass is 10.0. The highest BCUT2D eigenvalue weighted by atomic mass is 35.5. The molecule has 4 rings (SSSR count). The number of halogens is 1. The van der Waals surface area contributed by atoms with Gasteiger partial charge in [0.25, 0.3) is 0 Å². The van der Waals surface area contributed by atoms with E-state index in [0.29, 0.717) is 0 Å². The van der Waals surface area contributed by atoms with Gasteiger partial charge in [0.05, 0.1) is 5.69 Å². The molecule has 1 aliphatic rings. The van der Waals surface area contributed by atoms with Crippen molar-refractivity contribution in [3.05, 3.63) is 71.5 Å². The molecule has 2 heterocycles. The minimum absolute atomic E-state index is 0. The summed E-state index contributed by atoms with van der Waals surface area (Å²) in [5, 5.41) is 2.54. The second kappa shape index (κ2) is 8.55. The first-order chi connectivity index (χ1) is 12.7. The van der Waals surface area contributed by atoms with Crippen LogP contribution in [0.25, 0.3) is 22.9 Å². The van der Waals surface area contributed by atoms with Gasteiger partial charge >= 0.3 is 0 Å². The summed E-state index contributed by atoms with van der Waals surface area (Å²) < 4.78 is 0. The van der Waals surface area contributed by atoms with Crippen LogP contribution >= 0.6 is 12.4 Å². The van der Waals surface area contributed by atoms with Gasteiger partial charge in [0, 0.05) is 38.1 Å². The molecule has 0 amide bonds. The summed E-state index contributed by atoms with van der Waals surface area (Å²) in [5.74, 6) is 0. The predicted molar refractivity (Wildman–Crippen MR) is 119 cm³/mol. The van der Waals surface area contributed by atoms with Crippen molar-refractivity contribution in [1.82, 2.24) is 9.88 Å². The van der Waals surface area contributed by atoms with Crippen molar-refractivity contribution < 1.29 is 0 Å². The van der Waals surface area contributed by atoms with E-state index < -0.39 is 0 Å². The lowest BCUT2D eigenvalue weighted by Gasteiger charge is -2.34. The maximum atomic E-state index is 4.62. The Morgan fingerprint density at radius 1 is 0.926 bits per heavy atom. The largest absolute Gasteiger partial charge is 0.369 e. The number of pyridine rings is 1. The van der Waals surface area contributed by atoms with Gasteiger partial charge in [-0.1, -0.05) is 48.5 Å². The fourth-order valence-electron chi connectivity index (χ4n) is 3.58. The normalized spacial score (nSPS) is 15.3. The summed E-state index contributed by atoms with van der Waals surface area (Å²) in [6.07, 6.45) is 6.30. The molecule has 3 aromatic rings. The van der Waals surface area contributed by atoms with Crippen LogP contribution in [0.2, 0.25) is 0 Å². The van der Waals surface area contributed by atoms with Crippen molar-refractivity contribution in [3.63, 3.8) is 0 Å². The van der Waals surface area contributed by atoms with E-state index in [9.17, 15) is 0 Å². The molecule has 0 saturated carbocycles. The minimum atomic E-state index is 0. The van der Waals surface area contributed by atoms with E-state index in [-0.39, 0.29) is 12.4 Å². The van der Waals surface area contributed by atoms with Gasteiger partial charge in [-0.05, 0) is 48.0 Å². The third kappa shape index (κ3) is 4.32. The third-order valence-electron chi connectivity index (χ3n) is 5.20. The standard InChI is InChI=1S/C23H25N3.ClH/c1-18-17-24-21(16-23(18)26-14-12-25(2)13-15-26)11-10-20-8-5-7-19-6-3-4-9-22(19)20;/h3-11,16-17H,12-15H2,1-2H3;1H. The van der Waals surface area contributed by atoms with Crippen LogP contribution in [0.4, 0.5) is 5.69 Å². The highest BCUT2D eigenvalue weighted by Gasteiger charge is 2.16. The molecule has 0 spiro atoms. The topological polar surface area (TPSA) is 19.4 Å². The molecule has 27 heavy (non-hydrogen) atoms. The van der Waals surface area contributed by atoms with Crippen LogP contribution in [-0.2, 0) is 0 Å². The predicted octanol–water partition coefficient (Wildman–Crippen LogP) is 4.89. The quantitative estimate of drug-likeness (QED) is 0.646. The number of hydrogen-bond acceptors (Lipinski definition) is 3. The summed E-state index contributed by atoms with van der Waals surface area (Å²) in [5.41, 5.74) is 4.80. The van der Waals surface area contributed by atoms with Crippen molar-refractivity contribution in [1.29, 1.82) is 0 Å². The molecule has 0 bridgehead atoms. The summed E-state index contributed by atoms with van der Waals surface area (Å²) >= 11 is 0. The van der Waals surface area contributed by atoms with Gasteiger partial charge in [-0.2, -0.15) is 0 Å². The first-order valence-electron chi connectivity index (χ1n) is 9.27. The number of nitrogens with zero attached hydrogens (tertiary/aromatic N) is 3. The summed E-state index contributed by atoms with van der Waals surface area (Å²) in [4.78, 5) is 9.48. The van der Waals surface area contributed by atoms with Gasteiger partial charge in [-0.15, -0.1) is 12.4 Å². The first kappa shape index (κ1) is 19.4. The van der Waals surface area contributed by atoms with Crippen LogP contribution in [0.5, 0.6) is 0 Å². The van der Waals surface area contributed by atoms with E-state index in [4.69, 9.17) is 0 Å². The van der Waals surface area contributed by atoms with Crippen molar-refractivity contribution in [2.75, 3.05) is 38.1 Å². The number of aryl methyl sites for hydroxylation is 1. The second-order valence-electron chi connectivity index (χ2n) is 7.09. The van der Waals surface area contributed by atoms with E-state index in [1.165, 1.54) is 27.6 Å². The highest BCUT2D eigenvalue weighted by molar-refractivity contribution is 5.92. The zero-order valence-electron chi connectivity index (χ0n) is 15.9. The van der Waals surface area contributed by atoms with Crippen molar-refractivity contribution in [2.45, 2.75) is 6.92 Å². The molecule has 4 heteroatoms. The zero-order valence-corrected chi connectivity index (χ0v) is 16.7. The number of benzene rings is 2. The Bertz CT molecular complexity index is 938. The molecule has 1 fully saturated rings. The fraction of sp³-hybridized carbons (Fsp3) is 0.261. The van der Waals surface area contributed by atoms with Gasteiger partial charge in [0.15, 0.2) is 0 Å². The molecule has 1 aromatic heterocycles. The van der Waals surface area contributed by atoms with Crippen LogP contribution in [0.15, 0.2) is 54.7 Å². The Hall–Kier alpha value is -2.36. The lowest BCUT2D eigenvalue weighted by Crippen LogP contribution is -2.44. The Balaban J connectivity index is 0.00000210. The molecule has 1 aliphatic heterocycles. The Morgan fingerprint density at radius 3 is 2.48 bits per heavy atom. The molecule has 1 saturated heterocycles. The lowest BCUT2D eigenvalue weighted by molar-refractivity contribution is 0.312. The molecule has 0 unspecified atom stereocenters. The van der Waals surface area contributed by atoms with Gasteiger partial charge in [-0.3, -0.25) is 4.98 Å². The van der Waals surface area contributed by atoms with Crippen LogP contribution < -0.4 is 4.90 Å². The van der Waals surface area contributed by atoms with Crippen LogP contribution in [0, 0.1) is 6.92 Å². The van der Waals surface area contributed by atoms with Crippen LogP contribution in [0.3, 0.4) is 0 Å². The smallest absolute Gasteiger partial charge is 0.0650 e. The molecule has 0 radical (unpaired) electrons. The summed E-state index contributed by atoms with van der Waals surface area (Å²) in [6, 6.07) is 17.2. The highest BCUT2D eigenvalue weighted by Crippen LogP contribution is 2.24. The number of anilines is 1. The monoisotopic (exact) mass is 379 g/mol. The molecule has 0 aliphatic carbocycles. The maximum absolute atomic E-state index is 4.62. The minimum Gasteiger partial charge on any atom is -0.369 e. The Labute approximate surface area is 167 Å². The second-order valence-corrected chi connectivity index (χ2v) is 7.09. The molecule has 2 aromatic carbocycles. The maximum Gasteiger partial charge on any atom is 0.0650 e. The molecule has 0 atom stereocenters. The average molecular weight is 380 g/mol. The molecule has 0 N–H and O–H groups in total. The number of rotatable bonds is 3. The fourth-order valence-corrected chi connectivity index (χ4v) is 3.58. The summed E-state index contributed by atoms with van der Waals surface area (Å²) in [6.45, 7) is 6.53. The number of hydrogen-bond donors (Lipinski definition) is 0. The first-order valence-corrected chi connectivity index (χ1v) is 9.27. The van der Waals surface area contributed by atoms with E-state index in [0.717, 1.165) is 31.9 Å². The number of likely N-dealkylation sites (N-methyl/N-ethyl adjacent to an activating group) is 1. The van der Waals surface area contributed by atoms with Gasteiger partial charge in [-0.25, -0.2) is 0 Å². The molecule has 140 valence electrons. The van der Waals surface area contributed by atoms with Crippen molar-refractivity contribution >= 4 is 41.0 Å². The van der Waals surface area contributed by atoms with E-state index in [2.05, 4.69) is 89.4 Å². The molecule has 3 nitrogen and oxygen atoms in total. The van der Waals surface area contributed by atoms with E-state index in [1.807, 2.05) is 6.20 Å². The third-order valence-corrected chi connectivity index (χ3v) is 5.20. The number of fused-ring (bicyclic) bond motifs is 1. The molecular weight excluding hydrogens is 354 g/mol. The Kier molecular flexibility index (Phi) is 6.15. The number of piperazine rings is 1. The van der Waals surface area contributed by atoms with Gasteiger partial charge < -0.3 is 9.80 Å². The number of aromatic nitrogens is 1. The van der Waals surface area contributed by atoms with Crippen molar-refractivity contribution in [2.24, 2.45) is 0 Å². The summed E-state index contributed by atoms with van der Waals surface area (Å²) in [7, 11) is 2.19. The molecular formula is C23H26ClN3. The Morgan fingerprint density at radius 2 is 1.67 bits per heavy atom. The average Bonchev–Trinajstić information content (AvgIpc) is 2.68. The van der Waals surface area contributed by atoms with E-state index >= 15 is 0 Å². The van der Waals surface area contributed by atoms with E-state index in [1.54, 1.807) is 0 Å². The van der Waals surface area contributed by atoms with Crippen molar-refractivity contribution in [3.8, 4) is 0 Å². The SMILES string of the molecule is Cc1cnc(C=Cc2cccc3ccccc23)cc1N1CCN(C)CC1.Cl. The zero-order chi connectivity index (χ0) is 17.9. The van der Waals surface area contributed by atoms with Gasteiger partial charge in [0.1, 0.15) is 0 Å². The van der Waals surface area contributed by atoms with Crippen LogP contribution in [-0.4, -0.2) is 43.1 Å².